The van der Waals surface area contributed by atoms with Crippen molar-refractivity contribution in [3.8, 4) is 0 Å². The standard InChI is InChI=1S/C19H29N3O4S/c1-18(2,3)19(25,17(24)20-4)21-15(23)14(16(27)22-26)12-8-11-13-9-6-5-7-10-13/h5-7,9-10,14,25-26H,8,11-12H2,1-4H3,(H,20,24)(H,21,23)(H,22,27)/t14-,19+/m0/s1. The number of carbonyl (C=O) groups excluding carboxylic acids is 2. The fourth-order valence-electron chi connectivity index (χ4n) is 2.65. The highest BCUT2D eigenvalue weighted by atomic mass is 32.1. The number of nitrogens with one attached hydrogen (secondary N) is 3. The summed E-state index contributed by atoms with van der Waals surface area (Å²) in [5.74, 6) is -2.24. The summed E-state index contributed by atoms with van der Waals surface area (Å²) in [6.07, 6.45) is 1.72. The molecule has 0 aliphatic rings. The predicted octanol–water partition coefficient (Wildman–Crippen LogP) is 1.53. The Balaban J connectivity index is 2.90. The lowest BCUT2D eigenvalue weighted by Crippen LogP contribution is -2.66. The topological polar surface area (TPSA) is 111 Å². The molecule has 0 saturated carbocycles. The van der Waals surface area contributed by atoms with Gasteiger partial charge >= 0.3 is 0 Å². The van der Waals surface area contributed by atoms with Crippen molar-refractivity contribution >= 4 is 29.0 Å². The second-order valence-electron chi connectivity index (χ2n) is 7.44. The van der Waals surface area contributed by atoms with E-state index in [1.54, 1.807) is 20.8 Å². The van der Waals surface area contributed by atoms with Crippen LogP contribution in [-0.4, -0.2) is 39.9 Å². The molecule has 0 unspecified atom stereocenters. The number of benzene rings is 1. The molecule has 0 bridgehead atoms. The van der Waals surface area contributed by atoms with Crippen molar-refractivity contribution in [2.45, 2.75) is 45.8 Å². The summed E-state index contributed by atoms with van der Waals surface area (Å²) in [6.45, 7) is 4.90. The lowest BCUT2D eigenvalue weighted by Gasteiger charge is -2.39. The molecule has 8 heteroatoms. The van der Waals surface area contributed by atoms with Gasteiger partial charge in [0.1, 0.15) is 4.99 Å². The first-order valence-corrected chi connectivity index (χ1v) is 9.22. The summed E-state index contributed by atoms with van der Waals surface area (Å²) < 4.78 is 0. The van der Waals surface area contributed by atoms with Gasteiger partial charge < -0.3 is 15.7 Å². The maximum Gasteiger partial charge on any atom is 0.273 e. The molecule has 0 fully saturated rings. The maximum atomic E-state index is 12.8. The van der Waals surface area contributed by atoms with Crippen LogP contribution in [0, 0.1) is 11.3 Å². The van der Waals surface area contributed by atoms with E-state index in [2.05, 4.69) is 10.6 Å². The molecule has 2 amide bonds. The zero-order valence-corrected chi connectivity index (χ0v) is 17.0. The Morgan fingerprint density at radius 2 is 1.78 bits per heavy atom. The lowest BCUT2D eigenvalue weighted by molar-refractivity contribution is -0.164. The second-order valence-corrected chi connectivity index (χ2v) is 7.88. The van der Waals surface area contributed by atoms with Crippen LogP contribution in [0.5, 0.6) is 0 Å². The van der Waals surface area contributed by atoms with Gasteiger partial charge in [-0.25, -0.2) is 0 Å². The van der Waals surface area contributed by atoms with Crippen LogP contribution in [0.4, 0.5) is 0 Å². The SMILES string of the molecule is CNC(=O)[C@](O)(NC(=O)[C@H](CCCc1ccccc1)C(=S)NO)C(C)(C)C. The molecule has 1 aromatic carbocycles. The van der Waals surface area contributed by atoms with Gasteiger partial charge in [0.15, 0.2) is 0 Å². The highest BCUT2D eigenvalue weighted by Gasteiger charge is 2.49. The van der Waals surface area contributed by atoms with Gasteiger partial charge in [-0.15, -0.1) is 0 Å². The van der Waals surface area contributed by atoms with Gasteiger partial charge in [0.05, 0.1) is 5.92 Å². The third kappa shape index (κ3) is 5.98. The van der Waals surface area contributed by atoms with E-state index in [1.165, 1.54) is 7.05 Å². The Morgan fingerprint density at radius 3 is 2.26 bits per heavy atom. The van der Waals surface area contributed by atoms with Gasteiger partial charge in [0, 0.05) is 12.5 Å². The first-order valence-electron chi connectivity index (χ1n) is 8.81. The van der Waals surface area contributed by atoms with Gasteiger partial charge in [0.2, 0.25) is 11.6 Å². The maximum absolute atomic E-state index is 12.8. The van der Waals surface area contributed by atoms with Crippen LogP contribution >= 0.6 is 12.2 Å². The number of hydroxylamine groups is 1. The summed E-state index contributed by atoms with van der Waals surface area (Å²) >= 11 is 5.06. The lowest BCUT2D eigenvalue weighted by atomic mass is 9.81. The second kappa shape index (κ2) is 9.77. The van der Waals surface area contributed by atoms with E-state index < -0.39 is 28.9 Å². The van der Waals surface area contributed by atoms with Gasteiger partial charge in [-0.1, -0.05) is 63.3 Å². The minimum Gasteiger partial charge on any atom is -0.363 e. The van der Waals surface area contributed by atoms with Crippen LogP contribution in [0.1, 0.15) is 39.2 Å². The first-order chi connectivity index (χ1) is 12.6. The Kier molecular flexibility index (Phi) is 8.33. The summed E-state index contributed by atoms with van der Waals surface area (Å²) in [5, 5.41) is 24.8. The number of hydrogen-bond donors (Lipinski definition) is 5. The van der Waals surface area contributed by atoms with Crippen molar-refractivity contribution < 1.29 is 19.9 Å². The molecular weight excluding hydrogens is 366 g/mol. The molecule has 2 atom stereocenters. The first kappa shape index (κ1) is 23.0. The van der Waals surface area contributed by atoms with Gasteiger partial charge in [-0.2, -0.15) is 0 Å². The molecule has 0 spiro atoms. The molecule has 7 nitrogen and oxygen atoms in total. The summed E-state index contributed by atoms with van der Waals surface area (Å²) in [4.78, 5) is 24.9. The third-order valence-electron chi connectivity index (χ3n) is 4.49. The van der Waals surface area contributed by atoms with E-state index in [-0.39, 0.29) is 4.99 Å². The van der Waals surface area contributed by atoms with E-state index in [0.717, 1.165) is 12.0 Å². The van der Waals surface area contributed by atoms with Crippen molar-refractivity contribution in [2.75, 3.05) is 7.05 Å². The normalized spacial score (nSPS) is 14.6. The Hall–Kier alpha value is -2.03. The molecule has 5 N–H and O–H groups in total. The Labute approximate surface area is 165 Å². The largest absolute Gasteiger partial charge is 0.363 e. The van der Waals surface area contributed by atoms with Gasteiger partial charge in [0.25, 0.3) is 5.91 Å². The van der Waals surface area contributed by atoms with E-state index in [4.69, 9.17) is 12.2 Å². The molecule has 0 saturated heterocycles. The Morgan fingerprint density at radius 1 is 1.19 bits per heavy atom. The average Bonchev–Trinajstić information content (AvgIpc) is 2.63. The number of hydrogen-bond acceptors (Lipinski definition) is 5. The number of carbonyl (C=O) groups is 2. The monoisotopic (exact) mass is 395 g/mol. The summed E-state index contributed by atoms with van der Waals surface area (Å²) in [5.41, 5.74) is -0.118. The van der Waals surface area contributed by atoms with E-state index >= 15 is 0 Å². The molecule has 0 heterocycles. The van der Waals surface area contributed by atoms with Gasteiger partial charge in [-0.3, -0.25) is 20.3 Å². The average molecular weight is 396 g/mol. The summed E-state index contributed by atoms with van der Waals surface area (Å²) in [6, 6.07) is 9.78. The molecule has 1 aromatic rings. The van der Waals surface area contributed by atoms with E-state index in [1.807, 2.05) is 35.8 Å². The molecular formula is C19H29N3O4S. The minimum absolute atomic E-state index is 0.0614. The minimum atomic E-state index is -2.12. The van der Waals surface area contributed by atoms with Crippen molar-refractivity contribution in [2.24, 2.45) is 11.3 Å². The van der Waals surface area contributed by atoms with Gasteiger partial charge in [-0.05, 0) is 24.8 Å². The number of amides is 2. The molecule has 0 aliphatic carbocycles. The molecule has 150 valence electrons. The van der Waals surface area contributed by atoms with E-state index in [9.17, 15) is 19.9 Å². The van der Waals surface area contributed by atoms with Crippen LogP contribution < -0.4 is 16.1 Å². The zero-order chi connectivity index (χ0) is 20.7. The number of rotatable bonds is 8. The fraction of sp³-hybridized carbons (Fsp3) is 0.526. The number of aryl methyl sites for hydroxylation is 1. The number of thiocarbonyl (C=S) groups is 1. The molecule has 0 aromatic heterocycles. The highest BCUT2D eigenvalue weighted by molar-refractivity contribution is 7.80. The van der Waals surface area contributed by atoms with E-state index in [0.29, 0.717) is 12.8 Å². The Bertz CT molecular complexity index is 661. The van der Waals surface area contributed by atoms with Crippen LogP contribution in [0.3, 0.4) is 0 Å². The third-order valence-corrected chi connectivity index (χ3v) is 4.87. The molecule has 1 rings (SSSR count). The fourth-order valence-corrected chi connectivity index (χ4v) is 2.87. The van der Waals surface area contributed by atoms with Crippen LogP contribution in [-0.2, 0) is 16.0 Å². The van der Waals surface area contributed by atoms with Crippen LogP contribution in [0.15, 0.2) is 30.3 Å². The predicted molar refractivity (Wildman–Crippen MR) is 107 cm³/mol. The molecule has 0 aliphatic heterocycles. The molecule has 0 radical (unpaired) electrons. The quantitative estimate of drug-likeness (QED) is 0.259. The highest BCUT2D eigenvalue weighted by Crippen LogP contribution is 2.29. The zero-order valence-electron chi connectivity index (χ0n) is 16.2. The number of aliphatic hydroxyl groups is 1. The number of likely N-dealkylation sites (N-methyl/N-ethyl adjacent to an activating group) is 1. The van der Waals surface area contributed by atoms with Crippen molar-refractivity contribution in [3.05, 3.63) is 35.9 Å². The smallest absolute Gasteiger partial charge is 0.273 e. The van der Waals surface area contributed by atoms with Crippen molar-refractivity contribution in [1.82, 2.24) is 16.1 Å². The molecule has 27 heavy (non-hydrogen) atoms. The van der Waals surface area contributed by atoms with Crippen molar-refractivity contribution in [3.63, 3.8) is 0 Å². The van der Waals surface area contributed by atoms with Crippen molar-refractivity contribution in [1.29, 1.82) is 0 Å². The van der Waals surface area contributed by atoms with Crippen LogP contribution in [0.25, 0.3) is 0 Å². The van der Waals surface area contributed by atoms with Crippen LogP contribution in [0.2, 0.25) is 0 Å². The summed E-state index contributed by atoms with van der Waals surface area (Å²) in [7, 11) is 1.38.